The Balaban J connectivity index is 3.92. The molecule has 0 amide bonds. The number of carbonyl (C=O) groups excluding carboxylic acids is 3. The molecule has 6 heteroatoms. The molecule has 0 radical (unpaired) electrons. The summed E-state index contributed by atoms with van der Waals surface area (Å²) in [6.07, 6.45) is 59.0. The predicted octanol–water partition coefficient (Wildman–Crippen LogP) is 17.3. The zero-order valence-corrected chi connectivity index (χ0v) is 40.7. The van der Waals surface area contributed by atoms with Crippen molar-refractivity contribution in [2.75, 3.05) is 13.2 Å². The highest BCUT2D eigenvalue weighted by molar-refractivity contribution is 5.71. The quantitative estimate of drug-likeness (QED) is 0.0262. The van der Waals surface area contributed by atoms with Gasteiger partial charge in [0.1, 0.15) is 13.2 Å². The Morgan fingerprint density at radius 1 is 0.328 bits per heavy atom. The molecule has 6 nitrogen and oxygen atoms in total. The van der Waals surface area contributed by atoms with Crippen LogP contribution in [0.5, 0.6) is 0 Å². The maximum Gasteiger partial charge on any atom is 0.306 e. The van der Waals surface area contributed by atoms with Gasteiger partial charge in [-0.1, -0.05) is 237 Å². The van der Waals surface area contributed by atoms with E-state index in [2.05, 4.69) is 57.2 Å². The van der Waals surface area contributed by atoms with E-state index < -0.39 is 6.10 Å². The average Bonchev–Trinajstić information content (AvgIpc) is 3.26. The van der Waals surface area contributed by atoms with Gasteiger partial charge in [0.25, 0.3) is 0 Å². The SMILES string of the molecule is CCCCCCC/C=C\C/C=C\C/C=C\CCCCCCCCCCCCCCCCC(=O)OCC(COC(=O)CCCCCCCCC)OC(=O)CCCCCCCCC. The summed E-state index contributed by atoms with van der Waals surface area (Å²) in [5, 5.41) is 0. The van der Waals surface area contributed by atoms with E-state index in [0.29, 0.717) is 19.3 Å². The molecule has 1 unspecified atom stereocenters. The van der Waals surface area contributed by atoms with E-state index in [9.17, 15) is 14.4 Å². The molecule has 0 aromatic rings. The van der Waals surface area contributed by atoms with Gasteiger partial charge in [-0.15, -0.1) is 0 Å². The van der Waals surface area contributed by atoms with Crippen LogP contribution in [0.15, 0.2) is 36.5 Å². The summed E-state index contributed by atoms with van der Waals surface area (Å²) in [6, 6.07) is 0. The van der Waals surface area contributed by atoms with Gasteiger partial charge in [0.2, 0.25) is 0 Å². The van der Waals surface area contributed by atoms with E-state index in [1.54, 1.807) is 0 Å². The molecule has 0 bridgehead atoms. The number of ether oxygens (including phenoxy) is 3. The highest BCUT2D eigenvalue weighted by atomic mass is 16.6. The van der Waals surface area contributed by atoms with Crippen LogP contribution >= 0.6 is 0 Å². The summed E-state index contributed by atoms with van der Waals surface area (Å²) in [6.45, 7) is 6.55. The van der Waals surface area contributed by atoms with Crippen molar-refractivity contribution in [2.45, 2.75) is 284 Å². The Morgan fingerprint density at radius 2 is 0.590 bits per heavy atom. The molecule has 0 spiro atoms. The number of esters is 3. The Labute approximate surface area is 378 Å². The first-order chi connectivity index (χ1) is 30.0. The highest BCUT2D eigenvalue weighted by Gasteiger charge is 2.19. The van der Waals surface area contributed by atoms with Crippen LogP contribution < -0.4 is 0 Å². The third kappa shape index (κ3) is 48.5. The van der Waals surface area contributed by atoms with E-state index in [1.165, 1.54) is 167 Å². The smallest absolute Gasteiger partial charge is 0.306 e. The fourth-order valence-electron chi connectivity index (χ4n) is 7.63. The first-order valence-corrected chi connectivity index (χ1v) is 26.5. The lowest BCUT2D eigenvalue weighted by atomic mass is 10.0. The molecule has 0 saturated carbocycles. The molecular weight excluding hydrogens is 757 g/mol. The largest absolute Gasteiger partial charge is 0.462 e. The van der Waals surface area contributed by atoms with Gasteiger partial charge in [-0.2, -0.15) is 0 Å². The first kappa shape index (κ1) is 58.6. The maximum absolute atomic E-state index is 12.6. The molecule has 1 atom stereocenters. The minimum atomic E-state index is -0.762. The summed E-state index contributed by atoms with van der Waals surface area (Å²) in [5.41, 5.74) is 0. The standard InChI is InChI=1S/C55H100O6/c1-4-7-10-13-16-17-18-19-20-21-22-23-24-25-26-27-28-29-30-31-32-33-34-35-36-37-40-42-45-48-54(57)60-51-52(61-55(58)49-46-43-39-15-12-9-6-3)50-59-53(56)47-44-41-38-14-11-8-5-2/h18-19,21-22,24-25,52H,4-17,20,23,26-51H2,1-3H3/b19-18-,22-21-,25-24-. The second-order valence-electron chi connectivity index (χ2n) is 17.8. The van der Waals surface area contributed by atoms with E-state index >= 15 is 0 Å². The van der Waals surface area contributed by atoms with Gasteiger partial charge in [-0.25, -0.2) is 0 Å². The summed E-state index contributed by atoms with van der Waals surface area (Å²) in [7, 11) is 0. The number of hydrogen-bond donors (Lipinski definition) is 0. The van der Waals surface area contributed by atoms with Crippen LogP contribution in [-0.4, -0.2) is 37.2 Å². The topological polar surface area (TPSA) is 78.9 Å². The number of rotatable bonds is 48. The summed E-state index contributed by atoms with van der Waals surface area (Å²) in [4.78, 5) is 37.5. The fourth-order valence-corrected chi connectivity index (χ4v) is 7.63. The average molecular weight is 857 g/mol. The molecule has 0 N–H and O–H groups in total. The molecule has 61 heavy (non-hydrogen) atoms. The molecular formula is C55H100O6. The molecule has 0 aromatic heterocycles. The molecule has 0 fully saturated rings. The van der Waals surface area contributed by atoms with Gasteiger partial charge >= 0.3 is 17.9 Å². The van der Waals surface area contributed by atoms with Crippen LogP contribution in [0.3, 0.4) is 0 Å². The van der Waals surface area contributed by atoms with Crippen molar-refractivity contribution in [1.82, 2.24) is 0 Å². The highest BCUT2D eigenvalue weighted by Crippen LogP contribution is 2.16. The van der Waals surface area contributed by atoms with Gasteiger partial charge in [0.05, 0.1) is 0 Å². The number of allylic oxidation sites excluding steroid dienone is 6. The molecule has 356 valence electrons. The predicted molar refractivity (Wildman–Crippen MR) is 261 cm³/mol. The zero-order chi connectivity index (χ0) is 44.4. The second-order valence-corrected chi connectivity index (χ2v) is 17.8. The Bertz CT molecular complexity index is 1030. The van der Waals surface area contributed by atoms with Crippen LogP contribution in [0, 0.1) is 0 Å². The zero-order valence-electron chi connectivity index (χ0n) is 40.7. The lowest BCUT2D eigenvalue weighted by Gasteiger charge is -2.18. The number of unbranched alkanes of at least 4 members (excludes halogenated alkanes) is 31. The summed E-state index contributed by atoms with van der Waals surface area (Å²) >= 11 is 0. The normalized spacial score (nSPS) is 12.2. The van der Waals surface area contributed by atoms with Gasteiger partial charge in [0, 0.05) is 19.3 Å². The third-order valence-electron chi connectivity index (χ3n) is 11.6. The fraction of sp³-hybridized carbons (Fsp3) is 0.836. The van der Waals surface area contributed by atoms with E-state index in [-0.39, 0.29) is 31.1 Å². The Morgan fingerprint density at radius 3 is 0.918 bits per heavy atom. The molecule has 0 rings (SSSR count). The lowest BCUT2D eigenvalue weighted by Crippen LogP contribution is -2.30. The summed E-state index contributed by atoms with van der Waals surface area (Å²) < 4.78 is 16.6. The van der Waals surface area contributed by atoms with Crippen LogP contribution in [-0.2, 0) is 28.6 Å². The molecule has 0 aliphatic rings. The van der Waals surface area contributed by atoms with Crippen molar-refractivity contribution < 1.29 is 28.6 Å². The van der Waals surface area contributed by atoms with E-state index in [1.807, 2.05) is 0 Å². The Hall–Kier alpha value is -2.37. The number of hydrogen-bond acceptors (Lipinski definition) is 6. The van der Waals surface area contributed by atoms with E-state index in [0.717, 1.165) is 70.6 Å². The molecule has 0 aromatic carbocycles. The van der Waals surface area contributed by atoms with Crippen molar-refractivity contribution in [3.63, 3.8) is 0 Å². The van der Waals surface area contributed by atoms with Gasteiger partial charge in [-0.05, 0) is 57.8 Å². The van der Waals surface area contributed by atoms with Crippen LogP contribution in [0.4, 0.5) is 0 Å². The van der Waals surface area contributed by atoms with Crippen LogP contribution in [0.2, 0.25) is 0 Å². The minimum absolute atomic E-state index is 0.0692. The minimum Gasteiger partial charge on any atom is -0.462 e. The molecule has 0 saturated heterocycles. The molecule has 0 aliphatic carbocycles. The van der Waals surface area contributed by atoms with Gasteiger partial charge in [0.15, 0.2) is 6.10 Å². The van der Waals surface area contributed by atoms with E-state index in [4.69, 9.17) is 14.2 Å². The van der Waals surface area contributed by atoms with Crippen molar-refractivity contribution in [1.29, 1.82) is 0 Å². The van der Waals surface area contributed by atoms with Crippen LogP contribution in [0.1, 0.15) is 278 Å². The molecule has 0 heterocycles. The first-order valence-electron chi connectivity index (χ1n) is 26.5. The van der Waals surface area contributed by atoms with Gasteiger partial charge in [-0.3, -0.25) is 14.4 Å². The number of carbonyl (C=O) groups is 3. The van der Waals surface area contributed by atoms with Crippen molar-refractivity contribution in [2.24, 2.45) is 0 Å². The third-order valence-corrected chi connectivity index (χ3v) is 11.6. The van der Waals surface area contributed by atoms with Crippen molar-refractivity contribution >= 4 is 17.9 Å². The van der Waals surface area contributed by atoms with Crippen molar-refractivity contribution in [3.8, 4) is 0 Å². The van der Waals surface area contributed by atoms with Crippen LogP contribution in [0.25, 0.3) is 0 Å². The monoisotopic (exact) mass is 857 g/mol. The van der Waals surface area contributed by atoms with Crippen molar-refractivity contribution in [3.05, 3.63) is 36.5 Å². The lowest BCUT2D eigenvalue weighted by molar-refractivity contribution is -0.167. The Kier molecular flexibility index (Phi) is 48.3. The second kappa shape index (κ2) is 50.3. The summed E-state index contributed by atoms with van der Waals surface area (Å²) in [5.74, 6) is -0.876. The maximum atomic E-state index is 12.6. The van der Waals surface area contributed by atoms with Gasteiger partial charge < -0.3 is 14.2 Å². The molecule has 0 aliphatic heterocycles.